The summed E-state index contributed by atoms with van der Waals surface area (Å²) >= 11 is 5.58. The number of ketones is 2. The van der Waals surface area contributed by atoms with Crippen LogP contribution in [-0.4, -0.2) is 52.0 Å². The molecule has 10 nitrogen and oxygen atoms in total. The molecule has 0 fully saturated rings. The van der Waals surface area contributed by atoms with Crippen LogP contribution in [0.1, 0.15) is 28.8 Å². The molecule has 1 amide bonds. The maximum absolute atomic E-state index is 14.1. The molecule has 3 aliphatic rings. The molecule has 6 rings (SSSR count). The van der Waals surface area contributed by atoms with Crippen LogP contribution in [0.3, 0.4) is 0 Å². The average molecular weight is 599 g/mol. The summed E-state index contributed by atoms with van der Waals surface area (Å²) in [6.07, 6.45) is 0.619. The Labute approximate surface area is 252 Å². The van der Waals surface area contributed by atoms with Crippen LogP contribution in [-0.2, 0) is 16.0 Å². The van der Waals surface area contributed by atoms with Gasteiger partial charge in [-0.05, 0) is 60.0 Å². The van der Waals surface area contributed by atoms with Crippen molar-refractivity contribution in [2.45, 2.75) is 19.3 Å². The van der Waals surface area contributed by atoms with E-state index in [-0.39, 0.29) is 34.1 Å². The van der Waals surface area contributed by atoms with Crippen LogP contribution in [0.15, 0.2) is 71.2 Å². The molecule has 0 saturated carbocycles. The van der Waals surface area contributed by atoms with Gasteiger partial charge in [-0.25, -0.2) is 0 Å². The number of fused-ring (bicyclic) bond motifs is 4. The third-order valence-electron chi connectivity index (χ3n) is 8.63. The second-order valence-corrected chi connectivity index (χ2v) is 11.8. The van der Waals surface area contributed by atoms with Gasteiger partial charge in [0.2, 0.25) is 0 Å². The Bertz CT molecular complexity index is 1820. The number of allylic oxidation sites excluding steroid dienone is 3. The minimum absolute atomic E-state index is 0.00897. The van der Waals surface area contributed by atoms with Crippen molar-refractivity contribution in [3.8, 4) is 5.75 Å². The van der Waals surface area contributed by atoms with Gasteiger partial charge in [-0.3, -0.25) is 14.4 Å². The van der Waals surface area contributed by atoms with Crippen molar-refractivity contribution in [1.29, 1.82) is 0 Å². The minimum atomic E-state index is -1.18. The molecule has 0 aromatic heterocycles. The van der Waals surface area contributed by atoms with Crippen molar-refractivity contribution < 1.29 is 29.7 Å². The number of aliphatic hydroxyl groups is 2. The van der Waals surface area contributed by atoms with Crippen molar-refractivity contribution in [2.75, 3.05) is 29.6 Å². The van der Waals surface area contributed by atoms with Crippen LogP contribution in [0.4, 0.5) is 17.1 Å². The van der Waals surface area contributed by atoms with E-state index < -0.39 is 52.3 Å². The Morgan fingerprint density at radius 2 is 1.70 bits per heavy atom. The lowest BCUT2D eigenvalue weighted by atomic mass is 9.62. The molecule has 0 spiro atoms. The van der Waals surface area contributed by atoms with E-state index in [0.29, 0.717) is 24.1 Å². The molecule has 7 N–H and O–H groups in total. The third-order valence-corrected chi connectivity index (χ3v) is 8.83. The summed E-state index contributed by atoms with van der Waals surface area (Å²) in [6.45, 7) is 0. The summed E-state index contributed by atoms with van der Waals surface area (Å²) in [5.74, 6) is -5.80. The van der Waals surface area contributed by atoms with Gasteiger partial charge in [0, 0.05) is 42.9 Å². The molecule has 3 aliphatic carbocycles. The van der Waals surface area contributed by atoms with Crippen LogP contribution in [0.5, 0.6) is 5.75 Å². The molecule has 0 heterocycles. The lowest BCUT2D eigenvalue weighted by molar-refractivity contribution is -0.126. The number of hydrogen-bond acceptors (Lipinski definition) is 8. The molecule has 0 bridgehead atoms. The molecular formula is C32H30N4O6S. The van der Waals surface area contributed by atoms with E-state index in [4.69, 9.17) is 18.0 Å². The molecule has 3 aromatic rings. The lowest BCUT2D eigenvalue weighted by Gasteiger charge is -2.41. The highest BCUT2D eigenvalue weighted by Gasteiger charge is 2.50. The first-order valence-electron chi connectivity index (χ1n) is 13.8. The van der Waals surface area contributed by atoms with Gasteiger partial charge < -0.3 is 36.6 Å². The molecule has 0 saturated heterocycles. The quantitative estimate of drug-likeness (QED) is 0.143. The first-order valence-corrected chi connectivity index (χ1v) is 14.2. The highest BCUT2D eigenvalue weighted by Crippen LogP contribution is 2.51. The van der Waals surface area contributed by atoms with Gasteiger partial charge in [0.25, 0.3) is 5.91 Å². The molecule has 220 valence electrons. The monoisotopic (exact) mass is 598 g/mol. The van der Waals surface area contributed by atoms with Gasteiger partial charge in [0.05, 0.1) is 17.2 Å². The van der Waals surface area contributed by atoms with Gasteiger partial charge in [0.1, 0.15) is 17.1 Å². The SMILES string of the molecule is CN(C)c1cc(NC(=S)Nc2cccc3ccccc23)c(O)c2c1CC1CC3CC(O)=C(C(N)=O)C(=O)C3C(O)=C1C2=O. The van der Waals surface area contributed by atoms with Crippen molar-refractivity contribution in [3.05, 3.63) is 82.3 Å². The maximum Gasteiger partial charge on any atom is 0.255 e. The van der Waals surface area contributed by atoms with Gasteiger partial charge >= 0.3 is 0 Å². The zero-order chi connectivity index (χ0) is 30.7. The van der Waals surface area contributed by atoms with Crippen molar-refractivity contribution in [2.24, 2.45) is 23.5 Å². The summed E-state index contributed by atoms with van der Waals surface area (Å²) in [4.78, 5) is 40.9. The highest BCUT2D eigenvalue weighted by molar-refractivity contribution is 7.80. The number of rotatable bonds is 4. The number of phenols is 1. The summed E-state index contributed by atoms with van der Waals surface area (Å²) in [6, 6.07) is 15.3. The Kier molecular flexibility index (Phi) is 6.84. The fraction of sp³-hybridized carbons (Fsp3) is 0.250. The van der Waals surface area contributed by atoms with Crippen LogP contribution in [0.25, 0.3) is 10.8 Å². The summed E-state index contributed by atoms with van der Waals surface area (Å²) < 4.78 is 0. The number of hydrogen-bond donors (Lipinski definition) is 6. The van der Waals surface area contributed by atoms with Gasteiger partial charge in [-0.2, -0.15) is 0 Å². The number of thiocarbonyl (C=S) groups is 1. The Morgan fingerprint density at radius 3 is 2.42 bits per heavy atom. The van der Waals surface area contributed by atoms with Gasteiger partial charge in [0.15, 0.2) is 22.4 Å². The number of carbonyl (C=O) groups excluding carboxylic acids is 3. The van der Waals surface area contributed by atoms with E-state index in [0.717, 1.165) is 16.5 Å². The van der Waals surface area contributed by atoms with E-state index in [1.165, 1.54) is 0 Å². The normalized spacial score (nSPS) is 21.2. The van der Waals surface area contributed by atoms with Crippen LogP contribution in [0, 0.1) is 17.8 Å². The number of benzene rings is 3. The molecule has 0 radical (unpaired) electrons. The average Bonchev–Trinajstić information content (AvgIpc) is 2.93. The predicted molar refractivity (Wildman–Crippen MR) is 167 cm³/mol. The highest BCUT2D eigenvalue weighted by atomic mass is 32.1. The number of nitrogens with two attached hydrogens (primary N) is 1. The number of amides is 1. The third kappa shape index (κ3) is 4.56. The zero-order valence-electron chi connectivity index (χ0n) is 23.5. The van der Waals surface area contributed by atoms with E-state index in [2.05, 4.69) is 10.6 Å². The number of aliphatic hydroxyl groups excluding tert-OH is 2. The number of carbonyl (C=O) groups is 3. The molecular weight excluding hydrogens is 568 g/mol. The molecule has 11 heteroatoms. The largest absolute Gasteiger partial charge is 0.511 e. The van der Waals surface area contributed by atoms with Crippen LogP contribution in [0.2, 0.25) is 0 Å². The van der Waals surface area contributed by atoms with Crippen molar-refractivity contribution in [1.82, 2.24) is 0 Å². The van der Waals surface area contributed by atoms with Crippen LogP contribution < -0.4 is 21.3 Å². The van der Waals surface area contributed by atoms with E-state index in [1.807, 2.05) is 61.5 Å². The van der Waals surface area contributed by atoms with E-state index >= 15 is 0 Å². The Hall–Kier alpha value is -4.90. The standard InChI is InChI=1S/C32H30N4O6S/c1-36(2)21-13-20(35-32(43)34-19-9-5-7-14-6-3-4-8-17(14)19)27(38)25-18(21)11-15-10-16-12-22(37)26(31(33)42)30(41)24(16)28(39)23(15)29(25)40/h3-9,13,15-16,24,37-39H,10-12H2,1-2H3,(H2,33,42)(H2,34,35,43). The van der Waals surface area contributed by atoms with E-state index in [9.17, 15) is 29.7 Å². The number of anilines is 3. The predicted octanol–water partition coefficient (Wildman–Crippen LogP) is 4.49. The van der Waals surface area contributed by atoms with Gasteiger partial charge in [-0.1, -0.05) is 36.4 Å². The van der Waals surface area contributed by atoms with E-state index in [1.54, 1.807) is 6.07 Å². The number of nitrogens with one attached hydrogen (secondary N) is 2. The maximum atomic E-state index is 14.1. The second kappa shape index (κ2) is 10.4. The topological polar surface area (TPSA) is 165 Å². The molecule has 0 aliphatic heterocycles. The summed E-state index contributed by atoms with van der Waals surface area (Å²) in [7, 11) is 3.64. The summed E-state index contributed by atoms with van der Waals surface area (Å²) in [5.41, 5.74) is 7.06. The first-order chi connectivity index (χ1) is 20.5. The zero-order valence-corrected chi connectivity index (χ0v) is 24.3. The molecule has 43 heavy (non-hydrogen) atoms. The minimum Gasteiger partial charge on any atom is -0.511 e. The Balaban J connectivity index is 1.38. The number of aromatic hydroxyl groups is 1. The lowest BCUT2D eigenvalue weighted by Crippen LogP contribution is -2.43. The van der Waals surface area contributed by atoms with Crippen molar-refractivity contribution in [3.63, 3.8) is 0 Å². The van der Waals surface area contributed by atoms with Crippen LogP contribution >= 0.6 is 12.2 Å². The second-order valence-electron chi connectivity index (χ2n) is 11.4. The molecule has 3 atom stereocenters. The van der Waals surface area contributed by atoms with Crippen molar-refractivity contribution >= 4 is 62.6 Å². The smallest absolute Gasteiger partial charge is 0.255 e. The molecule has 3 aromatic carbocycles. The number of primary amides is 1. The fourth-order valence-corrected chi connectivity index (χ4v) is 7.01. The number of Topliss-reactive ketones (excluding diaryl/α,β-unsaturated/α-hetero) is 2. The first kappa shape index (κ1) is 28.2. The Morgan fingerprint density at radius 1 is 1.00 bits per heavy atom. The fourth-order valence-electron chi connectivity index (χ4n) is 6.79. The number of nitrogens with zero attached hydrogens (tertiary/aromatic N) is 1. The molecule has 3 unspecified atom stereocenters. The van der Waals surface area contributed by atoms with Gasteiger partial charge in [-0.15, -0.1) is 0 Å². The summed E-state index contributed by atoms with van der Waals surface area (Å²) in [5, 5.41) is 41.5. The number of phenolic OH excluding ortho intramolecular Hbond substituents is 1.